The molecule has 96 valence electrons. The topological polar surface area (TPSA) is 12.0 Å². The van der Waals surface area contributed by atoms with Gasteiger partial charge in [-0.05, 0) is 43.0 Å². The zero-order valence-electron chi connectivity index (χ0n) is 10.7. The summed E-state index contributed by atoms with van der Waals surface area (Å²) in [6.45, 7) is 4.91. The maximum Gasteiger partial charge on any atom is 0.128 e. The Morgan fingerprint density at radius 2 is 2.17 bits per heavy atom. The molecule has 1 N–H and O–H groups in total. The van der Waals surface area contributed by atoms with Crippen molar-refractivity contribution >= 4 is 11.3 Å². The monoisotopic (exact) mass is 263 g/mol. The highest BCUT2D eigenvalue weighted by Crippen LogP contribution is 2.28. The third-order valence-corrected chi connectivity index (χ3v) is 3.83. The standard InChI is InChI=1S/C15H18FNS/c1-3-8-17-15(14-5-4-9-18-14)12-7-6-11(2)10-13(12)16/h4-7,9-10,15,17H,3,8H2,1-2H3. The molecule has 0 saturated carbocycles. The summed E-state index contributed by atoms with van der Waals surface area (Å²) in [5.74, 6) is -0.128. The Hall–Kier alpha value is -1.19. The van der Waals surface area contributed by atoms with Crippen molar-refractivity contribution in [2.75, 3.05) is 6.54 Å². The van der Waals surface area contributed by atoms with Crippen LogP contribution in [-0.4, -0.2) is 6.54 Å². The van der Waals surface area contributed by atoms with E-state index in [-0.39, 0.29) is 11.9 Å². The van der Waals surface area contributed by atoms with Crippen molar-refractivity contribution < 1.29 is 4.39 Å². The summed E-state index contributed by atoms with van der Waals surface area (Å²) >= 11 is 1.66. The molecule has 2 rings (SSSR count). The number of rotatable bonds is 5. The lowest BCUT2D eigenvalue weighted by molar-refractivity contribution is 0.550. The van der Waals surface area contributed by atoms with Crippen LogP contribution >= 0.6 is 11.3 Å². The summed E-state index contributed by atoms with van der Waals surface area (Å²) in [6, 6.07) is 9.48. The van der Waals surface area contributed by atoms with Crippen LogP contribution in [-0.2, 0) is 0 Å². The lowest BCUT2D eigenvalue weighted by Gasteiger charge is -2.18. The summed E-state index contributed by atoms with van der Waals surface area (Å²) in [5, 5.41) is 5.45. The van der Waals surface area contributed by atoms with E-state index < -0.39 is 0 Å². The highest BCUT2D eigenvalue weighted by molar-refractivity contribution is 7.10. The van der Waals surface area contributed by atoms with Gasteiger partial charge in [-0.3, -0.25) is 0 Å². The average Bonchev–Trinajstić information content (AvgIpc) is 2.85. The zero-order valence-corrected chi connectivity index (χ0v) is 11.6. The maximum absolute atomic E-state index is 14.1. The Morgan fingerprint density at radius 3 is 2.78 bits per heavy atom. The molecule has 0 fully saturated rings. The summed E-state index contributed by atoms with van der Waals surface area (Å²) in [7, 11) is 0. The summed E-state index contributed by atoms with van der Waals surface area (Å²) in [5.41, 5.74) is 1.69. The molecule has 3 heteroatoms. The number of hydrogen-bond donors (Lipinski definition) is 1. The van der Waals surface area contributed by atoms with Crippen molar-refractivity contribution in [3.05, 3.63) is 57.5 Å². The average molecular weight is 263 g/mol. The number of halogens is 1. The minimum Gasteiger partial charge on any atom is -0.306 e. The van der Waals surface area contributed by atoms with Gasteiger partial charge in [0.25, 0.3) is 0 Å². The van der Waals surface area contributed by atoms with Crippen molar-refractivity contribution in [2.24, 2.45) is 0 Å². The van der Waals surface area contributed by atoms with Gasteiger partial charge in [-0.15, -0.1) is 11.3 Å². The highest BCUT2D eigenvalue weighted by Gasteiger charge is 2.17. The van der Waals surface area contributed by atoms with Crippen LogP contribution in [0.4, 0.5) is 4.39 Å². The molecule has 0 amide bonds. The lowest BCUT2D eigenvalue weighted by Crippen LogP contribution is -2.23. The molecule has 1 heterocycles. The molecule has 1 aromatic heterocycles. The van der Waals surface area contributed by atoms with Crippen LogP contribution in [0.1, 0.15) is 35.4 Å². The molecule has 1 nitrogen and oxygen atoms in total. The van der Waals surface area contributed by atoms with Crippen molar-refractivity contribution in [1.29, 1.82) is 0 Å². The Morgan fingerprint density at radius 1 is 1.33 bits per heavy atom. The lowest BCUT2D eigenvalue weighted by atomic mass is 10.0. The van der Waals surface area contributed by atoms with E-state index in [1.165, 1.54) is 0 Å². The van der Waals surface area contributed by atoms with E-state index >= 15 is 0 Å². The third-order valence-electron chi connectivity index (χ3n) is 2.89. The molecule has 1 unspecified atom stereocenters. The second-order valence-corrected chi connectivity index (χ2v) is 5.41. The second-order valence-electron chi connectivity index (χ2n) is 4.43. The second kappa shape index (κ2) is 6.12. The zero-order chi connectivity index (χ0) is 13.0. The Balaban J connectivity index is 2.33. The van der Waals surface area contributed by atoms with E-state index in [9.17, 15) is 4.39 Å². The SMILES string of the molecule is CCCNC(c1cccs1)c1ccc(C)cc1F. The van der Waals surface area contributed by atoms with Gasteiger partial charge in [-0.25, -0.2) is 4.39 Å². The molecule has 0 saturated heterocycles. The van der Waals surface area contributed by atoms with E-state index in [1.54, 1.807) is 17.4 Å². The fraction of sp³-hybridized carbons (Fsp3) is 0.333. The maximum atomic E-state index is 14.1. The molecule has 0 bridgehead atoms. The van der Waals surface area contributed by atoms with Crippen molar-refractivity contribution in [2.45, 2.75) is 26.3 Å². The van der Waals surface area contributed by atoms with E-state index in [4.69, 9.17) is 0 Å². The molecule has 0 aliphatic heterocycles. The largest absolute Gasteiger partial charge is 0.306 e. The molecule has 0 spiro atoms. The van der Waals surface area contributed by atoms with Gasteiger partial charge in [0.15, 0.2) is 0 Å². The first-order valence-corrected chi connectivity index (χ1v) is 7.13. The van der Waals surface area contributed by atoms with E-state index in [2.05, 4.69) is 18.3 Å². The van der Waals surface area contributed by atoms with Crippen LogP contribution in [0.2, 0.25) is 0 Å². The van der Waals surface area contributed by atoms with E-state index in [1.807, 2.05) is 30.5 Å². The molecular formula is C15H18FNS. The normalized spacial score (nSPS) is 12.6. The van der Waals surface area contributed by atoms with Gasteiger partial charge in [0, 0.05) is 10.4 Å². The number of hydrogen-bond acceptors (Lipinski definition) is 2. The predicted molar refractivity (Wildman–Crippen MR) is 75.6 cm³/mol. The van der Waals surface area contributed by atoms with E-state index in [0.717, 1.165) is 29.0 Å². The quantitative estimate of drug-likeness (QED) is 0.848. The fourth-order valence-corrected chi connectivity index (χ4v) is 2.79. The Bertz CT molecular complexity index is 493. The molecule has 1 aromatic carbocycles. The van der Waals surface area contributed by atoms with Crippen molar-refractivity contribution in [1.82, 2.24) is 5.32 Å². The first-order chi connectivity index (χ1) is 8.72. The van der Waals surface area contributed by atoms with Crippen LogP contribution < -0.4 is 5.32 Å². The predicted octanol–water partition coefficient (Wildman–Crippen LogP) is 4.28. The molecular weight excluding hydrogens is 245 g/mol. The molecule has 0 radical (unpaired) electrons. The van der Waals surface area contributed by atoms with Crippen LogP contribution in [0.25, 0.3) is 0 Å². The van der Waals surface area contributed by atoms with Gasteiger partial charge in [-0.2, -0.15) is 0 Å². The Kier molecular flexibility index (Phi) is 4.50. The summed E-state index contributed by atoms with van der Waals surface area (Å²) in [6.07, 6.45) is 1.04. The first kappa shape index (κ1) is 13.2. The molecule has 18 heavy (non-hydrogen) atoms. The molecule has 1 atom stereocenters. The number of thiophene rings is 1. The van der Waals surface area contributed by atoms with Gasteiger partial charge in [-0.1, -0.05) is 25.1 Å². The molecule has 2 aromatic rings. The van der Waals surface area contributed by atoms with E-state index in [0.29, 0.717) is 0 Å². The van der Waals surface area contributed by atoms with Crippen molar-refractivity contribution in [3.63, 3.8) is 0 Å². The van der Waals surface area contributed by atoms with Crippen LogP contribution in [0.5, 0.6) is 0 Å². The Labute approximate surface area is 112 Å². The van der Waals surface area contributed by atoms with Gasteiger partial charge in [0.1, 0.15) is 5.82 Å². The summed E-state index contributed by atoms with van der Waals surface area (Å²) in [4.78, 5) is 1.16. The first-order valence-electron chi connectivity index (χ1n) is 6.25. The smallest absolute Gasteiger partial charge is 0.128 e. The van der Waals surface area contributed by atoms with Crippen LogP contribution in [0.15, 0.2) is 35.7 Å². The number of benzene rings is 1. The van der Waals surface area contributed by atoms with Crippen LogP contribution in [0, 0.1) is 12.7 Å². The summed E-state index contributed by atoms with van der Waals surface area (Å²) < 4.78 is 14.1. The fourth-order valence-electron chi connectivity index (χ4n) is 1.97. The molecule has 0 aliphatic carbocycles. The van der Waals surface area contributed by atoms with Gasteiger partial charge in [0.05, 0.1) is 6.04 Å². The van der Waals surface area contributed by atoms with Gasteiger partial charge >= 0.3 is 0 Å². The molecule has 0 aliphatic rings. The van der Waals surface area contributed by atoms with Gasteiger partial charge < -0.3 is 5.32 Å². The van der Waals surface area contributed by atoms with Gasteiger partial charge in [0.2, 0.25) is 0 Å². The minimum absolute atomic E-state index is 0.0365. The highest BCUT2D eigenvalue weighted by atomic mass is 32.1. The third kappa shape index (κ3) is 2.98. The minimum atomic E-state index is -0.128. The van der Waals surface area contributed by atoms with Crippen LogP contribution in [0.3, 0.4) is 0 Å². The number of aryl methyl sites for hydroxylation is 1. The van der Waals surface area contributed by atoms with Crippen molar-refractivity contribution in [3.8, 4) is 0 Å². The number of nitrogens with one attached hydrogen (secondary N) is 1.